The standard InChI is InChI=1S/C16H23BrN2O/c1-4-14(17)16(20)19-10-8-18(9-11-19)15-7-5-6-12(2)13(15)3/h5-7,14H,4,8-11H2,1-3H3. The summed E-state index contributed by atoms with van der Waals surface area (Å²) in [5.41, 5.74) is 3.98. The number of benzene rings is 1. The van der Waals surface area contributed by atoms with Crippen LogP contribution in [0.2, 0.25) is 0 Å². The van der Waals surface area contributed by atoms with Crippen molar-refractivity contribution in [3.8, 4) is 0 Å². The van der Waals surface area contributed by atoms with Crippen LogP contribution in [0.1, 0.15) is 24.5 Å². The van der Waals surface area contributed by atoms with E-state index in [0.717, 1.165) is 32.6 Å². The fourth-order valence-corrected chi connectivity index (χ4v) is 2.91. The monoisotopic (exact) mass is 338 g/mol. The van der Waals surface area contributed by atoms with Gasteiger partial charge in [-0.15, -0.1) is 0 Å². The van der Waals surface area contributed by atoms with Crippen LogP contribution < -0.4 is 4.90 Å². The van der Waals surface area contributed by atoms with E-state index in [9.17, 15) is 4.79 Å². The Morgan fingerprint density at radius 1 is 1.25 bits per heavy atom. The van der Waals surface area contributed by atoms with Crippen molar-refractivity contribution in [2.24, 2.45) is 0 Å². The molecule has 0 bridgehead atoms. The lowest BCUT2D eigenvalue weighted by Crippen LogP contribution is -2.50. The van der Waals surface area contributed by atoms with Crippen molar-refractivity contribution in [3.05, 3.63) is 29.3 Å². The summed E-state index contributed by atoms with van der Waals surface area (Å²) in [4.78, 5) is 16.5. The largest absolute Gasteiger partial charge is 0.368 e. The predicted octanol–water partition coefficient (Wildman–Crippen LogP) is 3.13. The van der Waals surface area contributed by atoms with Crippen LogP contribution in [0.5, 0.6) is 0 Å². The number of piperazine rings is 1. The van der Waals surface area contributed by atoms with E-state index in [1.165, 1.54) is 16.8 Å². The molecule has 0 saturated carbocycles. The van der Waals surface area contributed by atoms with Crippen molar-refractivity contribution < 1.29 is 4.79 Å². The molecule has 1 saturated heterocycles. The van der Waals surface area contributed by atoms with Crippen molar-refractivity contribution in [1.29, 1.82) is 0 Å². The van der Waals surface area contributed by atoms with Gasteiger partial charge in [0.15, 0.2) is 0 Å². The second-order valence-corrected chi connectivity index (χ2v) is 6.51. The molecule has 1 aromatic rings. The van der Waals surface area contributed by atoms with E-state index in [0.29, 0.717) is 0 Å². The minimum Gasteiger partial charge on any atom is -0.368 e. The third kappa shape index (κ3) is 3.17. The molecule has 1 aromatic carbocycles. The molecular weight excluding hydrogens is 316 g/mol. The molecule has 4 heteroatoms. The zero-order valence-electron chi connectivity index (χ0n) is 12.5. The fourth-order valence-electron chi connectivity index (χ4n) is 2.62. The summed E-state index contributed by atoms with van der Waals surface area (Å²) in [5, 5.41) is 0. The fraction of sp³-hybridized carbons (Fsp3) is 0.562. The quantitative estimate of drug-likeness (QED) is 0.790. The highest BCUT2D eigenvalue weighted by Crippen LogP contribution is 2.24. The lowest BCUT2D eigenvalue weighted by molar-refractivity contribution is -0.130. The number of rotatable bonds is 3. The highest BCUT2D eigenvalue weighted by molar-refractivity contribution is 9.10. The summed E-state index contributed by atoms with van der Waals surface area (Å²) in [6, 6.07) is 6.44. The third-order valence-electron chi connectivity index (χ3n) is 4.13. The highest BCUT2D eigenvalue weighted by Gasteiger charge is 2.25. The van der Waals surface area contributed by atoms with Gasteiger partial charge in [0.1, 0.15) is 0 Å². The molecule has 3 nitrogen and oxygen atoms in total. The number of anilines is 1. The minimum atomic E-state index is -0.0326. The predicted molar refractivity (Wildman–Crippen MR) is 87.7 cm³/mol. The molecule has 0 radical (unpaired) electrons. The maximum absolute atomic E-state index is 12.2. The number of amides is 1. The first-order chi connectivity index (χ1) is 9.54. The van der Waals surface area contributed by atoms with E-state index < -0.39 is 0 Å². The van der Waals surface area contributed by atoms with E-state index in [-0.39, 0.29) is 10.7 Å². The number of carbonyl (C=O) groups is 1. The van der Waals surface area contributed by atoms with Crippen LogP contribution in [0.15, 0.2) is 18.2 Å². The van der Waals surface area contributed by atoms with Gasteiger partial charge >= 0.3 is 0 Å². The molecule has 1 aliphatic heterocycles. The molecule has 0 aromatic heterocycles. The van der Waals surface area contributed by atoms with E-state index in [1.807, 2.05) is 11.8 Å². The van der Waals surface area contributed by atoms with Crippen LogP contribution in [0.25, 0.3) is 0 Å². The summed E-state index contributed by atoms with van der Waals surface area (Å²) in [7, 11) is 0. The van der Waals surface area contributed by atoms with Crippen LogP contribution in [-0.2, 0) is 4.79 Å². The number of nitrogens with zero attached hydrogens (tertiary/aromatic N) is 2. The van der Waals surface area contributed by atoms with Gasteiger partial charge in [-0.05, 0) is 37.5 Å². The van der Waals surface area contributed by atoms with Crippen molar-refractivity contribution in [2.75, 3.05) is 31.1 Å². The molecule has 2 rings (SSSR count). The Morgan fingerprint density at radius 3 is 2.50 bits per heavy atom. The first kappa shape index (κ1) is 15.4. The third-order valence-corrected chi connectivity index (χ3v) is 5.17. The number of aryl methyl sites for hydroxylation is 1. The topological polar surface area (TPSA) is 23.6 Å². The molecule has 1 fully saturated rings. The second kappa shape index (κ2) is 6.61. The SMILES string of the molecule is CCC(Br)C(=O)N1CCN(c2cccc(C)c2C)CC1. The average Bonchev–Trinajstić information content (AvgIpc) is 2.48. The Labute approximate surface area is 130 Å². The summed E-state index contributed by atoms with van der Waals surface area (Å²) in [6.07, 6.45) is 0.843. The van der Waals surface area contributed by atoms with Crippen LogP contribution in [-0.4, -0.2) is 41.8 Å². The zero-order valence-corrected chi connectivity index (χ0v) is 14.1. The number of hydrogen-bond donors (Lipinski definition) is 0. The molecule has 1 aliphatic rings. The minimum absolute atomic E-state index is 0.0326. The molecule has 110 valence electrons. The van der Waals surface area contributed by atoms with Crippen LogP contribution in [0.4, 0.5) is 5.69 Å². The van der Waals surface area contributed by atoms with Gasteiger partial charge in [0, 0.05) is 31.9 Å². The van der Waals surface area contributed by atoms with Gasteiger partial charge in [-0.2, -0.15) is 0 Å². The summed E-state index contributed by atoms with van der Waals surface area (Å²) < 4.78 is 0. The van der Waals surface area contributed by atoms with E-state index in [2.05, 4.69) is 52.9 Å². The van der Waals surface area contributed by atoms with Crippen LogP contribution in [0.3, 0.4) is 0 Å². The van der Waals surface area contributed by atoms with Crippen molar-refractivity contribution >= 4 is 27.5 Å². The van der Waals surface area contributed by atoms with Gasteiger partial charge in [-0.25, -0.2) is 0 Å². The lowest BCUT2D eigenvalue weighted by Gasteiger charge is -2.37. The van der Waals surface area contributed by atoms with Gasteiger partial charge in [0.05, 0.1) is 4.83 Å². The second-order valence-electron chi connectivity index (χ2n) is 5.41. The normalized spacial score (nSPS) is 17.2. The Hall–Kier alpha value is -1.03. The van der Waals surface area contributed by atoms with Gasteiger partial charge in [-0.3, -0.25) is 4.79 Å². The molecule has 20 heavy (non-hydrogen) atoms. The number of carbonyl (C=O) groups excluding carboxylic acids is 1. The smallest absolute Gasteiger partial charge is 0.236 e. The number of halogens is 1. The van der Waals surface area contributed by atoms with E-state index in [1.54, 1.807) is 0 Å². The van der Waals surface area contributed by atoms with Crippen molar-refractivity contribution in [2.45, 2.75) is 32.0 Å². The molecule has 1 amide bonds. The molecular formula is C16H23BrN2O. The molecule has 0 N–H and O–H groups in total. The molecule has 0 aliphatic carbocycles. The van der Waals surface area contributed by atoms with Gasteiger partial charge in [0.25, 0.3) is 0 Å². The zero-order chi connectivity index (χ0) is 14.7. The molecule has 0 spiro atoms. The Balaban J connectivity index is 2.01. The molecule has 1 atom stereocenters. The van der Waals surface area contributed by atoms with Crippen molar-refractivity contribution in [3.63, 3.8) is 0 Å². The van der Waals surface area contributed by atoms with Gasteiger partial charge in [0.2, 0.25) is 5.91 Å². The first-order valence-corrected chi connectivity index (χ1v) is 8.20. The molecule has 1 unspecified atom stereocenters. The number of hydrogen-bond acceptors (Lipinski definition) is 2. The highest BCUT2D eigenvalue weighted by atomic mass is 79.9. The maximum atomic E-state index is 12.2. The summed E-state index contributed by atoms with van der Waals surface area (Å²) >= 11 is 3.45. The van der Waals surface area contributed by atoms with Gasteiger partial charge in [-0.1, -0.05) is 35.0 Å². The van der Waals surface area contributed by atoms with Crippen LogP contribution in [0, 0.1) is 13.8 Å². The molecule has 1 heterocycles. The van der Waals surface area contributed by atoms with E-state index in [4.69, 9.17) is 0 Å². The Bertz CT molecular complexity index is 481. The summed E-state index contributed by atoms with van der Waals surface area (Å²) in [5.74, 6) is 0.230. The average molecular weight is 339 g/mol. The first-order valence-electron chi connectivity index (χ1n) is 7.28. The van der Waals surface area contributed by atoms with Crippen LogP contribution >= 0.6 is 15.9 Å². The summed E-state index contributed by atoms with van der Waals surface area (Å²) in [6.45, 7) is 9.81. The number of alkyl halides is 1. The Morgan fingerprint density at radius 2 is 1.90 bits per heavy atom. The lowest BCUT2D eigenvalue weighted by atomic mass is 10.1. The van der Waals surface area contributed by atoms with Crippen molar-refractivity contribution in [1.82, 2.24) is 4.90 Å². The van der Waals surface area contributed by atoms with E-state index >= 15 is 0 Å². The maximum Gasteiger partial charge on any atom is 0.236 e. The van der Waals surface area contributed by atoms with Gasteiger partial charge < -0.3 is 9.80 Å². The Kier molecular flexibility index (Phi) is 5.08.